The van der Waals surface area contributed by atoms with Crippen LogP contribution in [0.1, 0.15) is 37.0 Å². The quantitative estimate of drug-likeness (QED) is 0.374. The summed E-state index contributed by atoms with van der Waals surface area (Å²) in [6, 6.07) is 6.92. The Morgan fingerprint density at radius 2 is 1.80 bits per heavy atom. The van der Waals surface area contributed by atoms with Gasteiger partial charge in [0.2, 0.25) is 5.91 Å². The van der Waals surface area contributed by atoms with Gasteiger partial charge >= 0.3 is 0 Å². The number of benzene rings is 1. The number of aryl methyl sites for hydroxylation is 2. The molecule has 0 aliphatic carbocycles. The van der Waals surface area contributed by atoms with E-state index in [2.05, 4.69) is 61.5 Å². The van der Waals surface area contributed by atoms with Crippen molar-refractivity contribution in [2.24, 2.45) is 4.99 Å². The number of hydrogen-bond acceptors (Lipinski definition) is 2. The van der Waals surface area contributed by atoms with Crippen molar-refractivity contribution in [3.63, 3.8) is 0 Å². The molecule has 0 heterocycles. The fourth-order valence-electron chi connectivity index (χ4n) is 2.31. The molecule has 25 heavy (non-hydrogen) atoms. The van der Waals surface area contributed by atoms with Crippen LogP contribution in [0, 0.1) is 13.8 Å². The first-order chi connectivity index (χ1) is 11.3. The topological polar surface area (TPSA) is 56.7 Å². The number of nitrogens with one attached hydrogen (secondary N) is 2. The van der Waals surface area contributed by atoms with Gasteiger partial charge in [0, 0.05) is 26.7 Å². The molecule has 2 N–H and O–H groups in total. The van der Waals surface area contributed by atoms with Crippen LogP contribution in [0.5, 0.6) is 0 Å². The van der Waals surface area contributed by atoms with E-state index in [4.69, 9.17) is 0 Å². The number of nitrogens with zero attached hydrogens (tertiary/aromatic N) is 2. The molecule has 1 aromatic rings. The lowest BCUT2D eigenvalue weighted by atomic mass is 10.1. The first-order valence-corrected chi connectivity index (χ1v) is 8.64. The average Bonchev–Trinajstić information content (AvgIpc) is 2.50. The van der Waals surface area contributed by atoms with E-state index in [0.717, 1.165) is 19.4 Å². The third kappa shape index (κ3) is 9.67. The molecule has 1 atom stereocenters. The minimum absolute atomic E-state index is 0. The second kappa shape index (κ2) is 12.1. The normalized spacial score (nSPS) is 12.2. The van der Waals surface area contributed by atoms with Gasteiger partial charge in [-0.1, -0.05) is 36.2 Å². The van der Waals surface area contributed by atoms with Gasteiger partial charge in [0.25, 0.3) is 0 Å². The molecule has 0 bridgehead atoms. The van der Waals surface area contributed by atoms with E-state index in [1.807, 2.05) is 0 Å². The van der Waals surface area contributed by atoms with Gasteiger partial charge in [-0.2, -0.15) is 0 Å². The van der Waals surface area contributed by atoms with Crippen molar-refractivity contribution in [2.75, 3.05) is 27.2 Å². The third-order valence-electron chi connectivity index (χ3n) is 3.85. The molecule has 0 saturated heterocycles. The predicted molar refractivity (Wildman–Crippen MR) is 117 cm³/mol. The van der Waals surface area contributed by atoms with Crippen molar-refractivity contribution in [1.82, 2.24) is 15.5 Å². The number of hydrogen-bond donors (Lipinski definition) is 2. The molecule has 0 spiro atoms. The van der Waals surface area contributed by atoms with Gasteiger partial charge in [-0.05, 0) is 39.2 Å². The minimum atomic E-state index is -0.00504. The summed E-state index contributed by atoms with van der Waals surface area (Å²) in [6.07, 6.45) is 1.92. The van der Waals surface area contributed by atoms with Crippen molar-refractivity contribution >= 4 is 35.8 Å². The number of likely N-dealkylation sites (N-methyl/N-ethyl adjacent to an activating group) is 1. The van der Waals surface area contributed by atoms with Crippen LogP contribution in [-0.4, -0.2) is 50.0 Å². The lowest BCUT2D eigenvalue weighted by Crippen LogP contribution is -2.43. The number of carbonyl (C=O) groups is 1. The fourth-order valence-corrected chi connectivity index (χ4v) is 2.31. The first kappa shape index (κ1) is 23.7. The monoisotopic (exact) mass is 460 g/mol. The van der Waals surface area contributed by atoms with Gasteiger partial charge < -0.3 is 15.5 Å². The van der Waals surface area contributed by atoms with Gasteiger partial charge in [-0.15, -0.1) is 24.0 Å². The van der Waals surface area contributed by atoms with E-state index < -0.39 is 0 Å². The summed E-state index contributed by atoms with van der Waals surface area (Å²) in [7, 11) is 3.49. The molecule has 0 aliphatic rings. The number of halogens is 1. The van der Waals surface area contributed by atoms with Crippen molar-refractivity contribution in [1.29, 1.82) is 0 Å². The molecule has 0 saturated carbocycles. The lowest BCUT2D eigenvalue weighted by Gasteiger charge is -2.17. The van der Waals surface area contributed by atoms with Crippen LogP contribution in [0.4, 0.5) is 0 Å². The van der Waals surface area contributed by atoms with Crippen LogP contribution < -0.4 is 10.6 Å². The van der Waals surface area contributed by atoms with Gasteiger partial charge in [-0.25, -0.2) is 4.99 Å². The van der Waals surface area contributed by atoms with Crippen LogP contribution in [-0.2, 0) is 11.2 Å². The predicted octanol–water partition coefficient (Wildman–Crippen LogP) is 2.89. The molecule has 1 amide bonds. The van der Waals surface area contributed by atoms with E-state index in [1.54, 1.807) is 19.0 Å². The summed E-state index contributed by atoms with van der Waals surface area (Å²) < 4.78 is 0. The summed E-state index contributed by atoms with van der Waals surface area (Å²) in [5, 5.41) is 6.67. The Morgan fingerprint density at radius 1 is 1.20 bits per heavy atom. The number of aliphatic imine (C=N–C) groups is 1. The number of rotatable bonds is 7. The van der Waals surface area contributed by atoms with Gasteiger partial charge in [0.1, 0.15) is 6.54 Å². The molecule has 0 fully saturated rings. The lowest BCUT2D eigenvalue weighted by molar-refractivity contribution is -0.127. The Kier molecular flexibility index (Phi) is 11.5. The van der Waals surface area contributed by atoms with E-state index in [9.17, 15) is 4.79 Å². The Hall–Kier alpha value is -1.31. The summed E-state index contributed by atoms with van der Waals surface area (Å²) in [4.78, 5) is 17.7. The molecule has 0 aromatic heterocycles. The molecule has 1 unspecified atom stereocenters. The Balaban J connectivity index is 0.00000576. The van der Waals surface area contributed by atoms with Crippen LogP contribution in [0.15, 0.2) is 23.2 Å². The van der Waals surface area contributed by atoms with Gasteiger partial charge in [-0.3, -0.25) is 4.79 Å². The van der Waals surface area contributed by atoms with E-state index in [1.165, 1.54) is 16.7 Å². The summed E-state index contributed by atoms with van der Waals surface area (Å²) >= 11 is 0. The standard InChI is InChI=1S/C19H32N4O.HI/c1-7-16(4)22-19(21-13-18(24)23(5)6)20-9-8-17-11-14(2)10-15(3)12-17;/h10-12,16H,7-9,13H2,1-6H3,(H2,20,21,22);1H. The Labute approximate surface area is 169 Å². The highest BCUT2D eigenvalue weighted by Crippen LogP contribution is 2.08. The van der Waals surface area contributed by atoms with Crippen LogP contribution in [0.25, 0.3) is 0 Å². The van der Waals surface area contributed by atoms with E-state index in [-0.39, 0.29) is 36.4 Å². The number of amides is 1. The summed E-state index contributed by atoms with van der Waals surface area (Å²) in [6.45, 7) is 9.40. The zero-order chi connectivity index (χ0) is 18.1. The highest BCUT2D eigenvalue weighted by molar-refractivity contribution is 14.0. The van der Waals surface area contributed by atoms with Gasteiger partial charge in [0.15, 0.2) is 5.96 Å². The van der Waals surface area contributed by atoms with Crippen molar-refractivity contribution in [3.05, 3.63) is 34.9 Å². The smallest absolute Gasteiger partial charge is 0.243 e. The maximum atomic E-state index is 11.7. The highest BCUT2D eigenvalue weighted by Gasteiger charge is 2.07. The Bertz CT molecular complexity index is 552. The first-order valence-electron chi connectivity index (χ1n) is 8.64. The molecule has 1 aromatic carbocycles. The molecule has 0 radical (unpaired) electrons. The third-order valence-corrected chi connectivity index (χ3v) is 3.85. The zero-order valence-electron chi connectivity index (χ0n) is 16.3. The summed E-state index contributed by atoms with van der Waals surface area (Å²) in [5.41, 5.74) is 3.88. The van der Waals surface area contributed by atoms with E-state index in [0.29, 0.717) is 12.0 Å². The number of guanidine groups is 1. The van der Waals surface area contributed by atoms with Crippen LogP contribution in [0.3, 0.4) is 0 Å². The van der Waals surface area contributed by atoms with Crippen LogP contribution in [0.2, 0.25) is 0 Å². The second-order valence-corrected chi connectivity index (χ2v) is 6.58. The fraction of sp³-hybridized carbons (Fsp3) is 0.579. The van der Waals surface area contributed by atoms with Gasteiger partial charge in [0.05, 0.1) is 0 Å². The maximum absolute atomic E-state index is 11.7. The van der Waals surface area contributed by atoms with E-state index >= 15 is 0 Å². The molecular formula is C19H33IN4O. The number of carbonyl (C=O) groups excluding carboxylic acids is 1. The zero-order valence-corrected chi connectivity index (χ0v) is 18.7. The largest absolute Gasteiger partial charge is 0.356 e. The molecule has 0 aliphatic heterocycles. The van der Waals surface area contributed by atoms with Crippen molar-refractivity contribution < 1.29 is 4.79 Å². The van der Waals surface area contributed by atoms with Crippen molar-refractivity contribution in [2.45, 2.75) is 46.6 Å². The molecular weight excluding hydrogens is 427 g/mol. The Morgan fingerprint density at radius 3 is 2.32 bits per heavy atom. The molecule has 1 rings (SSSR count). The molecule has 142 valence electrons. The average molecular weight is 460 g/mol. The molecule has 6 heteroatoms. The highest BCUT2D eigenvalue weighted by atomic mass is 127. The van der Waals surface area contributed by atoms with Crippen molar-refractivity contribution in [3.8, 4) is 0 Å². The SMILES string of the molecule is CCC(C)NC(=NCC(=O)N(C)C)NCCc1cc(C)cc(C)c1.I. The summed E-state index contributed by atoms with van der Waals surface area (Å²) in [5.74, 6) is 0.693. The second-order valence-electron chi connectivity index (χ2n) is 6.58. The minimum Gasteiger partial charge on any atom is -0.356 e. The molecule has 5 nitrogen and oxygen atoms in total. The van der Waals surface area contributed by atoms with Crippen LogP contribution >= 0.6 is 24.0 Å². The maximum Gasteiger partial charge on any atom is 0.243 e.